The van der Waals surface area contributed by atoms with Crippen LogP contribution in [0, 0.1) is 0 Å². The summed E-state index contributed by atoms with van der Waals surface area (Å²) in [6, 6.07) is 17.3. The Morgan fingerprint density at radius 3 is 2.51 bits per heavy atom. The molecule has 2 amide bonds. The third-order valence-electron chi connectivity index (χ3n) is 6.34. The summed E-state index contributed by atoms with van der Waals surface area (Å²) in [7, 11) is 0. The zero-order valence-corrected chi connectivity index (χ0v) is 24.6. The first-order valence-electron chi connectivity index (χ1n) is 12.0. The summed E-state index contributed by atoms with van der Waals surface area (Å²) in [5.74, 6) is -1.13. The van der Waals surface area contributed by atoms with E-state index in [2.05, 4.69) is 36.4 Å². The van der Waals surface area contributed by atoms with E-state index in [9.17, 15) is 9.59 Å². The fourth-order valence-corrected chi connectivity index (χ4v) is 5.62. The molecule has 3 aromatic carbocycles. The number of primary amides is 1. The lowest BCUT2D eigenvalue weighted by molar-refractivity contribution is 0.100. The third-order valence-corrected chi connectivity index (χ3v) is 7.85. The molecule has 0 bridgehead atoms. The Balaban J connectivity index is 1.43. The minimum absolute atomic E-state index is 0.0521. The average Bonchev–Trinajstić information content (AvgIpc) is 3.55. The van der Waals surface area contributed by atoms with Gasteiger partial charge in [0.25, 0.3) is 11.8 Å². The van der Waals surface area contributed by atoms with Gasteiger partial charge in [-0.25, -0.2) is 9.67 Å². The third kappa shape index (κ3) is 5.15. The lowest BCUT2D eigenvalue weighted by Gasteiger charge is -2.14. The number of nitrogens with two attached hydrogens (primary N) is 1. The number of hydrogen-bond donors (Lipinski definition) is 2. The minimum atomic E-state index is -0.754. The van der Waals surface area contributed by atoms with Crippen LogP contribution in [0.1, 0.15) is 26.5 Å². The van der Waals surface area contributed by atoms with E-state index in [0.29, 0.717) is 21.5 Å². The number of aromatic nitrogens is 5. The van der Waals surface area contributed by atoms with Gasteiger partial charge >= 0.3 is 0 Å². The number of benzene rings is 3. The van der Waals surface area contributed by atoms with E-state index >= 15 is 0 Å². The molecule has 0 radical (unpaired) electrons. The first-order chi connectivity index (χ1) is 19.7. The average molecular weight is 670 g/mol. The van der Waals surface area contributed by atoms with Crippen molar-refractivity contribution in [2.45, 2.75) is 6.54 Å². The number of nitrogens with zero attached hydrogens (tertiary/aromatic N) is 5. The van der Waals surface area contributed by atoms with Crippen LogP contribution in [-0.4, -0.2) is 36.4 Å². The molecule has 3 N–H and O–H groups in total. The Morgan fingerprint density at radius 2 is 1.76 bits per heavy atom. The SMILES string of the molecule is NC(=O)c1cc2cc(Br)ccc2c(Cl)c1NC(=O)c1cc(Cn2cc3c(Cl)cccc3n2)nn1-c1ncccc1Cl. The van der Waals surface area contributed by atoms with Crippen LogP contribution in [0.15, 0.2) is 77.5 Å². The number of hydrogen-bond acceptors (Lipinski definition) is 5. The topological polar surface area (TPSA) is 121 Å². The lowest BCUT2D eigenvalue weighted by Crippen LogP contribution is -2.21. The molecule has 3 heterocycles. The van der Waals surface area contributed by atoms with Gasteiger partial charge in [0.2, 0.25) is 0 Å². The standard InChI is InChI=1S/C28H17BrCl3N7O2/c29-15-6-7-17-14(9-15)10-18(26(33)40)25(24(17)32)35-28(41)23-11-16(36-39(23)27-21(31)4-2-8-34-27)12-38-13-19-20(30)3-1-5-22(19)37-38/h1-11,13H,12H2,(H2,33,40)(H,35,41). The first-order valence-corrected chi connectivity index (χ1v) is 14.0. The van der Waals surface area contributed by atoms with Crippen LogP contribution in [0.4, 0.5) is 5.69 Å². The molecular weight excluding hydrogens is 653 g/mol. The summed E-state index contributed by atoms with van der Waals surface area (Å²) in [4.78, 5) is 30.5. The summed E-state index contributed by atoms with van der Waals surface area (Å²) < 4.78 is 3.80. The molecule has 0 aliphatic rings. The molecule has 204 valence electrons. The number of rotatable bonds is 6. The van der Waals surface area contributed by atoms with Crippen LogP contribution in [0.5, 0.6) is 0 Å². The summed E-state index contributed by atoms with van der Waals surface area (Å²) in [6.45, 7) is 0.223. The van der Waals surface area contributed by atoms with Gasteiger partial charge in [-0.15, -0.1) is 0 Å². The maximum Gasteiger partial charge on any atom is 0.274 e. The van der Waals surface area contributed by atoms with E-state index in [1.165, 1.54) is 10.9 Å². The van der Waals surface area contributed by atoms with Crippen LogP contribution in [0.25, 0.3) is 27.5 Å². The zero-order valence-electron chi connectivity index (χ0n) is 20.8. The smallest absolute Gasteiger partial charge is 0.274 e. The van der Waals surface area contributed by atoms with Crippen molar-refractivity contribution in [1.29, 1.82) is 0 Å². The predicted octanol–water partition coefficient (Wildman–Crippen LogP) is 6.89. The fraction of sp³-hybridized carbons (Fsp3) is 0.0357. The maximum absolute atomic E-state index is 13.8. The highest BCUT2D eigenvalue weighted by atomic mass is 79.9. The van der Waals surface area contributed by atoms with Crippen molar-refractivity contribution in [2.75, 3.05) is 5.32 Å². The molecular formula is C28H17BrCl3N7O2. The van der Waals surface area contributed by atoms with Crippen LogP contribution in [-0.2, 0) is 6.54 Å². The van der Waals surface area contributed by atoms with Crippen molar-refractivity contribution in [1.82, 2.24) is 24.5 Å². The van der Waals surface area contributed by atoms with Crippen molar-refractivity contribution in [3.8, 4) is 5.82 Å². The molecule has 0 fully saturated rings. The number of halogens is 4. The molecule has 0 aliphatic carbocycles. The van der Waals surface area contributed by atoms with Crippen LogP contribution in [0.3, 0.4) is 0 Å². The van der Waals surface area contributed by atoms with Gasteiger partial charge in [-0.1, -0.05) is 62.9 Å². The number of anilines is 1. The molecule has 9 nitrogen and oxygen atoms in total. The van der Waals surface area contributed by atoms with Gasteiger partial charge in [-0.05, 0) is 53.9 Å². The van der Waals surface area contributed by atoms with Gasteiger partial charge in [0.15, 0.2) is 5.82 Å². The molecule has 0 atom stereocenters. The lowest BCUT2D eigenvalue weighted by atomic mass is 10.0. The monoisotopic (exact) mass is 667 g/mol. The Kier molecular flexibility index (Phi) is 7.16. The molecule has 6 aromatic rings. The van der Waals surface area contributed by atoms with Crippen molar-refractivity contribution < 1.29 is 9.59 Å². The van der Waals surface area contributed by atoms with Crippen LogP contribution >= 0.6 is 50.7 Å². The number of amides is 2. The highest BCUT2D eigenvalue weighted by molar-refractivity contribution is 9.10. The first kappa shape index (κ1) is 27.2. The van der Waals surface area contributed by atoms with Gasteiger partial charge in [-0.2, -0.15) is 10.2 Å². The van der Waals surface area contributed by atoms with Gasteiger partial charge in [0.1, 0.15) is 5.69 Å². The molecule has 0 aliphatic heterocycles. The summed E-state index contributed by atoms with van der Waals surface area (Å²) >= 11 is 22.9. The van der Waals surface area contributed by atoms with Crippen molar-refractivity contribution in [2.24, 2.45) is 5.73 Å². The van der Waals surface area contributed by atoms with E-state index < -0.39 is 11.8 Å². The Hall–Kier alpha value is -3.96. The fourth-order valence-electron chi connectivity index (χ4n) is 4.50. The van der Waals surface area contributed by atoms with Gasteiger partial charge in [-0.3, -0.25) is 14.3 Å². The summed E-state index contributed by atoms with van der Waals surface area (Å²) in [5.41, 5.74) is 7.11. The summed E-state index contributed by atoms with van der Waals surface area (Å²) in [6.07, 6.45) is 3.34. The Bertz CT molecular complexity index is 2020. The van der Waals surface area contributed by atoms with Gasteiger partial charge in [0, 0.05) is 27.6 Å². The quantitative estimate of drug-likeness (QED) is 0.200. The second-order valence-corrected chi connectivity index (χ2v) is 11.1. The Labute approximate surface area is 255 Å². The largest absolute Gasteiger partial charge is 0.366 e. The number of carbonyl (C=O) groups is 2. The highest BCUT2D eigenvalue weighted by Gasteiger charge is 2.24. The molecule has 0 unspecified atom stereocenters. The molecule has 41 heavy (non-hydrogen) atoms. The van der Waals surface area contributed by atoms with Gasteiger partial charge < -0.3 is 11.1 Å². The maximum atomic E-state index is 13.8. The molecule has 0 spiro atoms. The molecule has 3 aromatic heterocycles. The second kappa shape index (κ2) is 10.8. The number of nitrogens with one attached hydrogen (secondary N) is 1. The van der Waals surface area contributed by atoms with Crippen molar-refractivity contribution >= 4 is 89.9 Å². The predicted molar refractivity (Wildman–Crippen MR) is 163 cm³/mol. The van der Waals surface area contributed by atoms with E-state index in [1.807, 2.05) is 12.1 Å². The highest BCUT2D eigenvalue weighted by Crippen LogP contribution is 2.36. The van der Waals surface area contributed by atoms with Gasteiger partial charge in [0.05, 0.1) is 44.1 Å². The van der Waals surface area contributed by atoms with Crippen molar-refractivity contribution in [3.05, 3.63) is 110 Å². The normalized spacial score (nSPS) is 11.3. The van der Waals surface area contributed by atoms with Crippen LogP contribution in [0.2, 0.25) is 15.1 Å². The number of pyridine rings is 1. The van der Waals surface area contributed by atoms with E-state index in [0.717, 1.165) is 15.4 Å². The number of carbonyl (C=O) groups excluding carboxylic acids is 2. The minimum Gasteiger partial charge on any atom is -0.366 e. The van der Waals surface area contributed by atoms with Crippen LogP contribution < -0.4 is 11.1 Å². The number of fused-ring (bicyclic) bond motifs is 2. The Morgan fingerprint density at radius 1 is 0.951 bits per heavy atom. The molecule has 0 saturated carbocycles. The second-order valence-electron chi connectivity index (χ2n) is 9.04. The molecule has 0 saturated heterocycles. The molecule has 6 rings (SSSR count). The van der Waals surface area contributed by atoms with E-state index in [-0.39, 0.29) is 39.4 Å². The van der Waals surface area contributed by atoms with Crippen molar-refractivity contribution in [3.63, 3.8) is 0 Å². The van der Waals surface area contributed by atoms with E-state index in [1.54, 1.807) is 59.4 Å². The molecule has 13 heteroatoms. The zero-order chi connectivity index (χ0) is 28.8. The summed E-state index contributed by atoms with van der Waals surface area (Å²) in [5, 5.41) is 15.0. The van der Waals surface area contributed by atoms with E-state index in [4.69, 9.17) is 40.5 Å².